The van der Waals surface area contributed by atoms with Gasteiger partial charge in [-0.05, 0) is 29.8 Å². The quantitative estimate of drug-likeness (QED) is 0.908. The highest BCUT2D eigenvalue weighted by Gasteiger charge is 2.16. The number of nitrogens with one attached hydrogen (secondary N) is 1. The first kappa shape index (κ1) is 14.7. The molecular weight excluding hydrogens is 282 g/mol. The third-order valence-corrected chi connectivity index (χ3v) is 4.72. The maximum Gasteiger partial charge on any atom is 0.287 e. The Morgan fingerprint density at radius 1 is 1.63 bits per heavy atom. The summed E-state index contributed by atoms with van der Waals surface area (Å²) in [6.07, 6.45) is 2.89. The van der Waals surface area contributed by atoms with Crippen molar-refractivity contribution < 1.29 is 0 Å². The minimum atomic E-state index is -0.207. The van der Waals surface area contributed by atoms with Gasteiger partial charge in [0, 0.05) is 13.1 Å². The van der Waals surface area contributed by atoms with Gasteiger partial charge in [0.25, 0.3) is 5.56 Å². The molecule has 0 amide bonds. The highest BCUT2D eigenvalue weighted by molar-refractivity contribution is 7.99. The summed E-state index contributed by atoms with van der Waals surface area (Å²) in [6.45, 7) is 5.55. The third kappa shape index (κ3) is 3.89. The topological polar surface area (TPSA) is 46.9 Å². The number of halogens is 1. The summed E-state index contributed by atoms with van der Waals surface area (Å²) in [4.78, 5) is 12.0. The summed E-state index contributed by atoms with van der Waals surface area (Å²) in [5, 5.41) is 7.68. The molecule has 1 aliphatic rings. The van der Waals surface area contributed by atoms with E-state index in [0.717, 1.165) is 6.54 Å². The molecule has 1 aromatic heterocycles. The Kier molecular flexibility index (Phi) is 5.16. The van der Waals surface area contributed by atoms with Crippen LogP contribution in [0.5, 0.6) is 0 Å². The van der Waals surface area contributed by atoms with Gasteiger partial charge < -0.3 is 5.32 Å². The van der Waals surface area contributed by atoms with Crippen molar-refractivity contribution in [3.8, 4) is 0 Å². The molecule has 2 rings (SSSR count). The minimum absolute atomic E-state index is 0.207. The van der Waals surface area contributed by atoms with E-state index >= 15 is 0 Å². The number of aromatic nitrogens is 2. The van der Waals surface area contributed by atoms with Gasteiger partial charge in [-0.25, -0.2) is 4.68 Å². The van der Waals surface area contributed by atoms with Crippen LogP contribution in [0, 0.1) is 11.8 Å². The lowest BCUT2D eigenvalue weighted by Gasteiger charge is -2.13. The number of nitrogens with zero attached hydrogens (tertiary/aromatic N) is 2. The Bertz CT molecular complexity index is 483. The van der Waals surface area contributed by atoms with Crippen molar-refractivity contribution in [3.63, 3.8) is 0 Å². The molecule has 4 nitrogen and oxygen atoms in total. The average Bonchev–Trinajstić information content (AvgIpc) is 2.87. The molecule has 0 spiro atoms. The van der Waals surface area contributed by atoms with E-state index in [2.05, 4.69) is 10.4 Å². The molecule has 0 radical (unpaired) electrons. The fraction of sp³-hybridized carbons (Fsp3) is 0.692. The van der Waals surface area contributed by atoms with Crippen LogP contribution in [0.4, 0.5) is 5.69 Å². The van der Waals surface area contributed by atoms with Gasteiger partial charge in [-0.15, -0.1) is 0 Å². The highest BCUT2D eigenvalue weighted by atomic mass is 35.5. The second-order valence-corrected chi connectivity index (χ2v) is 6.89. The summed E-state index contributed by atoms with van der Waals surface area (Å²) >= 11 is 8.11. The SMILES string of the molecule is CC(C)Cn1ncc(NCC2CCSC2)c(Cl)c1=O. The van der Waals surface area contributed by atoms with E-state index in [9.17, 15) is 4.79 Å². The van der Waals surface area contributed by atoms with Crippen LogP contribution < -0.4 is 10.9 Å². The van der Waals surface area contributed by atoms with Crippen LogP contribution in [0.15, 0.2) is 11.0 Å². The van der Waals surface area contributed by atoms with Gasteiger partial charge in [0.1, 0.15) is 5.02 Å². The van der Waals surface area contributed by atoms with Crippen LogP contribution in [0.1, 0.15) is 20.3 Å². The lowest BCUT2D eigenvalue weighted by Crippen LogP contribution is -2.26. The summed E-state index contributed by atoms with van der Waals surface area (Å²) in [5.74, 6) is 3.45. The van der Waals surface area contributed by atoms with E-state index in [4.69, 9.17) is 11.6 Å². The largest absolute Gasteiger partial charge is 0.382 e. The van der Waals surface area contributed by atoms with Gasteiger partial charge in [-0.3, -0.25) is 4.79 Å². The first-order chi connectivity index (χ1) is 9.08. The van der Waals surface area contributed by atoms with Crippen LogP contribution in [0.2, 0.25) is 5.02 Å². The van der Waals surface area contributed by atoms with Gasteiger partial charge in [-0.2, -0.15) is 16.9 Å². The zero-order chi connectivity index (χ0) is 13.8. The fourth-order valence-corrected chi connectivity index (χ4v) is 3.56. The van der Waals surface area contributed by atoms with Crippen molar-refractivity contribution in [2.45, 2.75) is 26.8 Å². The average molecular weight is 302 g/mol. The van der Waals surface area contributed by atoms with E-state index < -0.39 is 0 Å². The molecule has 1 saturated heterocycles. The number of hydrogen-bond donors (Lipinski definition) is 1. The molecule has 19 heavy (non-hydrogen) atoms. The molecule has 0 aromatic carbocycles. The molecule has 1 unspecified atom stereocenters. The molecular formula is C13H20ClN3OS. The monoisotopic (exact) mass is 301 g/mol. The molecule has 1 aliphatic heterocycles. The van der Waals surface area contributed by atoms with Crippen molar-refractivity contribution in [2.75, 3.05) is 23.4 Å². The van der Waals surface area contributed by atoms with Crippen molar-refractivity contribution in [1.29, 1.82) is 0 Å². The predicted octanol–water partition coefficient (Wildman–Crippen LogP) is 2.72. The summed E-state index contributed by atoms with van der Waals surface area (Å²) in [5.41, 5.74) is 0.449. The van der Waals surface area contributed by atoms with Crippen LogP contribution >= 0.6 is 23.4 Å². The fourth-order valence-electron chi connectivity index (χ4n) is 2.06. The maximum atomic E-state index is 12.0. The molecule has 106 valence electrons. The van der Waals surface area contributed by atoms with E-state index in [1.54, 1.807) is 6.20 Å². The molecule has 6 heteroatoms. The second kappa shape index (κ2) is 6.66. The molecule has 2 heterocycles. The van der Waals surface area contributed by atoms with E-state index in [-0.39, 0.29) is 10.6 Å². The van der Waals surface area contributed by atoms with Crippen LogP contribution in [-0.2, 0) is 6.54 Å². The Balaban J connectivity index is 2.05. The lowest BCUT2D eigenvalue weighted by atomic mass is 10.1. The summed E-state index contributed by atoms with van der Waals surface area (Å²) in [7, 11) is 0. The maximum absolute atomic E-state index is 12.0. The Labute approximate surface area is 122 Å². The molecule has 1 aromatic rings. The lowest BCUT2D eigenvalue weighted by molar-refractivity contribution is 0.464. The minimum Gasteiger partial charge on any atom is -0.382 e. The van der Waals surface area contributed by atoms with Crippen LogP contribution in [-0.4, -0.2) is 27.8 Å². The van der Waals surface area contributed by atoms with E-state index in [0.29, 0.717) is 24.1 Å². The Morgan fingerprint density at radius 3 is 3.05 bits per heavy atom. The van der Waals surface area contributed by atoms with Crippen molar-refractivity contribution in [2.24, 2.45) is 11.8 Å². The van der Waals surface area contributed by atoms with Gasteiger partial charge in [-0.1, -0.05) is 25.4 Å². The number of hydrogen-bond acceptors (Lipinski definition) is 4. The van der Waals surface area contributed by atoms with Gasteiger partial charge in [0.15, 0.2) is 0 Å². The number of thioether (sulfide) groups is 1. The molecule has 1 N–H and O–H groups in total. The van der Waals surface area contributed by atoms with Crippen LogP contribution in [0.25, 0.3) is 0 Å². The Morgan fingerprint density at radius 2 is 2.42 bits per heavy atom. The standard InChI is InChI=1S/C13H20ClN3OS/c1-9(2)7-17-13(18)12(14)11(6-16-17)15-5-10-3-4-19-8-10/h6,9-10,15H,3-5,7-8H2,1-2H3. The van der Waals surface area contributed by atoms with Crippen molar-refractivity contribution in [1.82, 2.24) is 9.78 Å². The summed E-state index contributed by atoms with van der Waals surface area (Å²) < 4.78 is 1.43. The highest BCUT2D eigenvalue weighted by Crippen LogP contribution is 2.24. The van der Waals surface area contributed by atoms with E-state index in [1.165, 1.54) is 22.6 Å². The van der Waals surface area contributed by atoms with Crippen molar-refractivity contribution >= 4 is 29.1 Å². The predicted molar refractivity (Wildman–Crippen MR) is 82.3 cm³/mol. The molecule has 0 aliphatic carbocycles. The van der Waals surface area contributed by atoms with E-state index in [1.807, 2.05) is 25.6 Å². The smallest absolute Gasteiger partial charge is 0.287 e. The second-order valence-electron chi connectivity index (χ2n) is 5.36. The van der Waals surface area contributed by atoms with Gasteiger partial charge in [0.05, 0.1) is 11.9 Å². The van der Waals surface area contributed by atoms with Gasteiger partial charge in [0.2, 0.25) is 0 Å². The van der Waals surface area contributed by atoms with Gasteiger partial charge >= 0.3 is 0 Å². The number of rotatable bonds is 5. The normalized spacial score (nSPS) is 19.1. The Hall–Kier alpha value is -0.680. The first-order valence-corrected chi connectivity index (χ1v) is 8.18. The summed E-state index contributed by atoms with van der Waals surface area (Å²) in [6, 6.07) is 0. The first-order valence-electron chi connectivity index (χ1n) is 6.65. The molecule has 0 bridgehead atoms. The van der Waals surface area contributed by atoms with Crippen molar-refractivity contribution in [3.05, 3.63) is 21.6 Å². The zero-order valence-corrected chi connectivity index (χ0v) is 12.9. The molecule has 0 saturated carbocycles. The number of anilines is 1. The molecule has 1 atom stereocenters. The third-order valence-electron chi connectivity index (χ3n) is 3.13. The van der Waals surface area contributed by atoms with Crippen LogP contribution in [0.3, 0.4) is 0 Å². The zero-order valence-electron chi connectivity index (χ0n) is 11.4. The molecule has 1 fully saturated rings.